The molecule has 1 nitrogen and oxygen atoms in total. The van der Waals surface area contributed by atoms with Crippen molar-refractivity contribution in [1.82, 2.24) is 0 Å². The fourth-order valence-corrected chi connectivity index (χ4v) is 2.60. The van der Waals surface area contributed by atoms with Crippen LogP contribution in [0.15, 0.2) is 18.2 Å². The maximum Gasteiger partial charge on any atom is 0.0380 e. The summed E-state index contributed by atoms with van der Waals surface area (Å²) in [5, 5.41) is 3.55. The summed E-state index contributed by atoms with van der Waals surface area (Å²) in [6.07, 6.45) is 9.62. The van der Waals surface area contributed by atoms with Crippen molar-refractivity contribution in [1.29, 1.82) is 0 Å². The Morgan fingerprint density at radius 2 is 1.67 bits per heavy atom. The monoisotopic (exact) mass is 359 g/mol. The molecule has 0 bridgehead atoms. The Kier molecular flexibility index (Phi) is 8.47. The van der Waals surface area contributed by atoms with Crippen molar-refractivity contribution in [3.05, 3.63) is 27.3 Å². The van der Waals surface area contributed by atoms with E-state index in [9.17, 15) is 0 Å². The molecule has 1 aromatic carbocycles. The summed E-state index contributed by atoms with van der Waals surface area (Å²) >= 11 is 2.40. The summed E-state index contributed by atoms with van der Waals surface area (Å²) in [6.45, 7) is 5.57. The smallest absolute Gasteiger partial charge is 0.0380 e. The van der Waals surface area contributed by atoms with Crippen LogP contribution in [0.1, 0.15) is 57.4 Å². The molecule has 102 valence electrons. The van der Waals surface area contributed by atoms with Crippen LogP contribution in [0.3, 0.4) is 0 Å². The van der Waals surface area contributed by atoms with E-state index in [0.29, 0.717) is 0 Å². The molecule has 0 aromatic heterocycles. The Morgan fingerprint density at radius 3 is 2.39 bits per heavy atom. The lowest BCUT2D eigenvalue weighted by atomic mass is 10.1. The van der Waals surface area contributed by atoms with Crippen LogP contribution in [0.4, 0.5) is 5.69 Å². The molecule has 0 fully saturated rings. The quantitative estimate of drug-likeness (QED) is 0.436. The van der Waals surface area contributed by atoms with Gasteiger partial charge in [-0.3, -0.25) is 0 Å². The number of hydrogen-bond acceptors (Lipinski definition) is 1. The van der Waals surface area contributed by atoms with Gasteiger partial charge in [-0.15, -0.1) is 0 Å². The number of hydrogen-bond donors (Lipinski definition) is 1. The van der Waals surface area contributed by atoms with E-state index in [0.717, 1.165) is 6.54 Å². The van der Waals surface area contributed by atoms with Gasteiger partial charge in [-0.1, -0.05) is 51.5 Å². The Morgan fingerprint density at radius 1 is 1.00 bits per heavy atom. The highest BCUT2D eigenvalue weighted by Crippen LogP contribution is 2.20. The lowest BCUT2D eigenvalue weighted by Crippen LogP contribution is -2.03. The number of unbranched alkanes of at least 4 members (excludes halogenated alkanes) is 6. The summed E-state index contributed by atoms with van der Waals surface area (Å²) in [5.41, 5.74) is 2.67. The minimum atomic E-state index is 1.11. The summed E-state index contributed by atoms with van der Waals surface area (Å²) in [5.74, 6) is 0. The maximum absolute atomic E-state index is 3.55. The number of rotatable bonds is 9. The fraction of sp³-hybridized carbons (Fsp3) is 0.625. The van der Waals surface area contributed by atoms with Crippen molar-refractivity contribution < 1.29 is 0 Å². The second-order valence-electron chi connectivity index (χ2n) is 4.96. The average Bonchev–Trinajstić information content (AvgIpc) is 2.37. The second kappa shape index (κ2) is 9.65. The maximum atomic E-state index is 3.55. The zero-order chi connectivity index (χ0) is 13.2. The van der Waals surface area contributed by atoms with Crippen LogP contribution in [-0.2, 0) is 0 Å². The first kappa shape index (κ1) is 15.8. The van der Waals surface area contributed by atoms with Gasteiger partial charge in [-0.05, 0) is 53.6 Å². The van der Waals surface area contributed by atoms with Gasteiger partial charge in [0, 0.05) is 15.8 Å². The van der Waals surface area contributed by atoms with Crippen LogP contribution in [0, 0.1) is 10.5 Å². The highest BCUT2D eigenvalue weighted by molar-refractivity contribution is 14.1. The third-order valence-electron chi connectivity index (χ3n) is 3.36. The Hall–Kier alpha value is -0.250. The zero-order valence-electron chi connectivity index (χ0n) is 11.8. The lowest BCUT2D eigenvalue weighted by Gasteiger charge is -2.10. The Labute approximate surface area is 126 Å². The molecule has 0 aliphatic heterocycles. The Balaban J connectivity index is 2.09. The van der Waals surface area contributed by atoms with Gasteiger partial charge in [0.05, 0.1) is 0 Å². The van der Waals surface area contributed by atoms with Gasteiger partial charge in [-0.2, -0.15) is 0 Å². The van der Waals surface area contributed by atoms with Gasteiger partial charge in [-0.25, -0.2) is 0 Å². The largest absolute Gasteiger partial charge is 0.385 e. The SMILES string of the molecule is CCCCCCCCCNc1cccc(I)c1C. The van der Waals surface area contributed by atoms with E-state index in [1.54, 1.807) is 0 Å². The van der Waals surface area contributed by atoms with E-state index >= 15 is 0 Å². The zero-order valence-corrected chi connectivity index (χ0v) is 13.9. The van der Waals surface area contributed by atoms with Crippen molar-refractivity contribution in [3.8, 4) is 0 Å². The van der Waals surface area contributed by atoms with Crippen molar-refractivity contribution >= 4 is 28.3 Å². The van der Waals surface area contributed by atoms with Crippen molar-refractivity contribution in [2.24, 2.45) is 0 Å². The molecule has 18 heavy (non-hydrogen) atoms. The molecule has 0 spiro atoms. The van der Waals surface area contributed by atoms with Crippen LogP contribution in [-0.4, -0.2) is 6.54 Å². The molecule has 0 aliphatic rings. The second-order valence-corrected chi connectivity index (χ2v) is 6.12. The number of benzene rings is 1. The number of nitrogens with one attached hydrogen (secondary N) is 1. The molecule has 1 rings (SSSR count). The molecule has 0 heterocycles. The van der Waals surface area contributed by atoms with E-state index in [-0.39, 0.29) is 0 Å². The molecule has 1 aromatic rings. The van der Waals surface area contributed by atoms with E-state index in [1.165, 1.54) is 59.8 Å². The Bertz CT molecular complexity index is 336. The van der Waals surface area contributed by atoms with E-state index < -0.39 is 0 Å². The third-order valence-corrected chi connectivity index (χ3v) is 4.53. The molecule has 1 N–H and O–H groups in total. The minimum Gasteiger partial charge on any atom is -0.385 e. The summed E-state index contributed by atoms with van der Waals surface area (Å²) in [7, 11) is 0. The van der Waals surface area contributed by atoms with E-state index in [2.05, 4.69) is 60.0 Å². The molecule has 0 atom stereocenters. The molecular weight excluding hydrogens is 333 g/mol. The van der Waals surface area contributed by atoms with Crippen LogP contribution in [0.5, 0.6) is 0 Å². The van der Waals surface area contributed by atoms with Crippen LogP contribution >= 0.6 is 22.6 Å². The van der Waals surface area contributed by atoms with Gasteiger partial charge < -0.3 is 5.32 Å². The van der Waals surface area contributed by atoms with Crippen LogP contribution in [0.2, 0.25) is 0 Å². The molecular formula is C16H26IN. The summed E-state index contributed by atoms with van der Waals surface area (Å²) < 4.78 is 1.34. The summed E-state index contributed by atoms with van der Waals surface area (Å²) in [4.78, 5) is 0. The first-order valence-corrected chi connectivity index (χ1v) is 8.32. The van der Waals surface area contributed by atoms with Gasteiger partial charge in [0.1, 0.15) is 0 Å². The van der Waals surface area contributed by atoms with E-state index in [4.69, 9.17) is 0 Å². The predicted molar refractivity (Wildman–Crippen MR) is 90.4 cm³/mol. The first-order valence-electron chi connectivity index (χ1n) is 7.24. The van der Waals surface area contributed by atoms with Crippen molar-refractivity contribution in [3.63, 3.8) is 0 Å². The highest BCUT2D eigenvalue weighted by Gasteiger charge is 2.00. The topological polar surface area (TPSA) is 12.0 Å². The van der Waals surface area contributed by atoms with Gasteiger partial charge in [0.2, 0.25) is 0 Å². The highest BCUT2D eigenvalue weighted by atomic mass is 127. The summed E-state index contributed by atoms with van der Waals surface area (Å²) in [6, 6.07) is 6.47. The fourth-order valence-electron chi connectivity index (χ4n) is 2.10. The van der Waals surface area contributed by atoms with Crippen molar-refractivity contribution in [2.75, 3.05) is 11.9 Å². The number of anilines is 1. The molecule has 0 saturated carbocycles. The van der Waals surface area contributed by atoms with Crippen molar-refractivity contribution in [2.45, 2.75) is 58.8 Å². The molecule has 0 unspecified atom stereocenters. The standard InChI is InChI=1S/C16H26IN/c1-3-4-5-6-7-8-9-13-18-16-12-10-11-15(17)14(16)2/h10-12,18H,3-9,13H2,1-2H3. The van der Waals surface area contributed by atoms with Gasteiger partial charge >= 0.3 is 0 Å². The normalized spacial score (nSPS) is 10.6. The first-order chi connectivity index (χ1) is 8.75. The lowest BCUT2D eigenvalue weighted by molar-refractivity contribution is 0.596. The molecule has 0 aliphatic carbocycles. The predicted octanol–water partition coefficient (Wildman–Crippen LogP) is 5.76. The van der Waals surface area contributed by atoms with Gasteiger partial charge in [0.15, 0.2) is 0 Å². The molecule has 0 radical (unpaired) electrons. The minimum absolute atomic E-state index is 1.11. The molecule has 2 heteroatoms. The van der Waals surface area contributed by atoms with Gasteiger partial charge in [0.25, 0.3) is 0 Å². The van der Waals surface area contributed by atoms with Crippen LogP contribution in [0.25, 0.3) is 0 Å². The van der Waals surface area contributed by atoms with Crippen LogP contribution < -0.4 is 5.32 Å². The molecule has 0 amide bonds. The molecule has 0 saturated heterocycles. The number of halogens is 1. The average molecular weight is 359 g/mol. The third kappa shape index (κ3) is 6.07. The van der Waals surface area contributed by atoms with E-state index in [1.807, 2.05) is 0 Å².